The van der Waals surface area contributed by atoms with Crippen LogP contribution in [0.25, 0.3) is 0 Å². The van der Waals surface area contributed by atoms with E-state index in [1.165, 1.54) is 13.5 Å². The van der Waals surface area contributed by atoms with E-state index in [1.54, 1.807) is 25.1 Å². The Morgan fingerprint density at radius 3 is 2.95 bits per heavy atom. The summed E-state index contributed by atoms with van der Waals surface area (Å²) in [5, 5.41) is 6.86. The third-order valence-corrected chi connectivity index (χ3v) is 2.84. The Bertz CT molecular complexity index is 572. The molecule has 0 radical (unpaired) electrons. The van der Waals surface area contributed by atoms with Crippen molar-refractivity contribution in [2.24, 2.45) is 0 Å². The van der Waals surface area contributed by atoms with E-state index in [4.69, 9.17) is 16.3 Å². The second-order valence-electron chi connectivity index (χ2n) is 3.83. The fourth-order valence-corrected chi connectivity index (χ4v) is 1.71. The Morgan fingerprint density at radius 1 is 1.53 bits per heavy atom. The van der Waals surface area contributed by atoms with E-state index in [1.807, 2.05) is 0 Å². The highest BCUT2D eigenvalue weighted by Gasteiger charge is 2.15. The number of nitrogens with zero attached hydrogens (tertiary/aromatic N) is 2. The Hall–Kier alpha value is -2.08. The highest BCUT2D eigenvalue weighted by Crippen LogP contribution is 2.25. The smallest absolute Gasteiger partial charge is 0.251 e. The Morgan fingerprint density at radius 2 is 2.32 bits per heavy atom. The molecule has 7 heteroatoms. The SMILES string of the molecule is COc1cc(C(=O)NC(C)c2ncon2)ccc1Cl. The van der Waals surface area contributed by atoms with Gasteiger partial charge in [-0.05, 0) is 25.1 Å². The van der Waals surface area contributed by atoms with Gasteiger partial charge in [0.2, 0.25) is 6.39 Å². The molecule has 1 unspecified atom stereocenters. The first kappa shape index (κ1) is 13.4. The number of aromatic nitrogens is 2. The van der Waals surface area contributed by atoms with E-state index in [9.17, 15) is 4.79 Å². The molecule has 6 nitrogen and oxygen atoms in total. The number of hydrogen-bond donors (Lipinski definition) is 1. The number of halogens is 1. The lowest BCUT2D eigenvalue weighted by Crippen LogP contribution is -2.27. The van der Waals surface area contributed by atoms with Crippen molar-refractivity contribution in [3.8, 4) is 5.75 Å². The summed E-state index contributed by atoms with van der Waals surface area (Å²) >= 11 is 5.90. The zero-order valence-corrected chi connectivity index (χ0v) is 11.1. The van der Waals surface area contributed by atoms with Crippen LogP contribution in [-0.4, -0.2) is 23.2 Å². The summed E-state index contributed by atoms with van der Waals surface area (Å²) < 4.78 is 9.69. The highest BCUT2D eigenvalue weighted by molar-refractivity contribution is 6.32. The van der Waals surface area contributed by atoms with Gasteiger partial charge in [-0.2, -0.15) is 4.98 Å². The summed E-state index contributed by atoms with van der Waals surface area (Å²) in [5.74, 6) is 0.586. The third-order valence-electron chi connectivity index (χ3n) is 2.53. The average molecular weight is 282 g/mol. The first-order valence-electron chi connectivity index (χ1n) is 5.52. The van der Waals surface area contributed by atoms with Crippen LogP contribution >= 0.6 is 11.6 Å². The second kappa shape index (κ2) is 5.71. The monoisotopic (exact) mass is 281 g/mol. The molecule has 2 rings (SSSR count). The maximum Gasteiger partial charge on any atom is 0.251 e. The quantitative estimate of drug-likeness (QED) is 0.930. The summed E-state index contributed by atoms with van der Waals surface area (Å²) in [6, 6.07) is 4.44. The predicted octanol–water partition coefficient (Wildman–Crippen LogP) is 2.22. The van der Waals surface area contributed by atoms with Gasteiger partial charge in [0.1, 0.15) is 5.75 Å². The number of carbonyl (C=O) groups excluding carboxylic acids is 1. The van der Waals surface area contributed by atoms with E-state index in [2.05, 4.69) is 20.0 Å². The molecule has 19 heavy (non-hydrogen) atoms. The molecule has 1 amide bonds. The van der Waals surface area contributed by atoms with Crippen molar-refractivity contribution in [3.05, 3.63) is 41.0 Å². The molecule has 0 aliphatic heterocycles. The van der Waals surface area contributed by atoms with Gasteiger partial charge in [0, 0.05) is 5.56 Å². The summed E-state index contributed by atoms with van der Waals surface area (Å²) in [4.78, 5) is 15.9. The van der Waals surface area contributed by atoms with Crippen LogP contribution < -0.4 is 10.1 Å². The molecule has 1 heterocycles. The molecule has 0 aliphatic rings. The van der Waals surface area contributed by atoms with Gasteiger partial charge < -0.3 is 14.6 Å². The van der Waals surface area contributed by atoms with Crippen LogP contribution in [0.5, 0.6) is 5.75 Å². The van der Waals surface area contributed by atoms with Gasteiger partial charge in [0.15, 0.2) is 5.82 Å². The molecule has 1 aromatic heterocycles. The number of hydrogen-bond acceptors (Lipinski definition) is 5. The van der Waals surface area contributed by atoms with E-state index in [0.29, 0.717) is 22.2 Å². The molecule has 1 N–H and O–H groups in total. The second-order valence-corrected chi connectivity index (χ2v) is 4.24. The average Bonchev–Trinajstić information content (AvgIpc) is 2.93. The maximum atomic E-state index is 12.0. The van der Waals surface area contributed by atoms with Crippen molar-refractivity contribution in [1.82, 2.24) is 15.5 Å². The molecule has 100 valence electrons. The summed E-state index contributed by atoms with van der Waals surface area (Å²) in [6.45, 7) is 1.76. The van der Waals surface area contributed by atoms with E-state index >= 15 is 0 Å². The van der Waals surface area contributed by atoms with Gasteiger partial charge in [-0.15, -0.1) is 0 Å². The zero-order valence-electron chi connectivity index (χ0n) is 10.4. The third kappa shape index (κ3) is 3.03. The first-order valence-corrected chi connectivity index (χ1v) is 5.90. The van der Waals surface area contributed by atoms with Crippen LogP contribution in [0.15, 0.2) is 29.1 Å². The van der Waals surface area contributed by atoms with Gasteiger partial charge in [-0.1, -0.05) is 16.8 Å². The topological polar surface area (TPSA) is 77.2 Å². The van der Waals surface area contributed by atoms with Crippen molar-refractivity contribution in [1.29, 1.82) is 0 Å². The zero-order chi connectivity index (χ0) is 13.8. The van der Waals surface area contributed by atoms with Gasteiger partial charge in [0.05, 0.1) is 18.2 Å². The minimum absolute atomic E-state index is 0.271. The number of benzene rings is 1. The predicted molar refractivity (Wildman–Crippen MR) is 68.2 cm³/mol. The molecule has 0 fully saturated rings. The fraction of sp³-hybridized carbons (Fsp3) is 0.250. The molecule has 0 saturated carbocycles. The molecule has 1 aromatic carbocycles. The number of rotatable bonds is 4. The van der Waals surface area contributed by atoms with E-state index < -0.39 is 0 Å². The molecule has 0 aliphatic carbocycles. The maximum absolute atomic E-state index is 12.0. The fourth-order valence-electron chi connectivity index (χ4n) is 1.52. The van der Waals surface area contributed by atoms with Crippen LogP contribution in [0.3, 0.4) is 0 Å². The minimum Gasteiger partial charge on any atom is -0.495 e. The Balaban J connectivity index is 2.12. The molecule has 2 aromatic rings. The number of ether oxygens (including phenoxy) is 1. The Labute approximate surface area is 114 Å². The molecular formula is C12H12ClN3O3. The van der Waals surface area contributed by atoms with Crippen molar-refractivity contribution in [2.45, 2.75) is 13.0 Å². The lowest BCUT2D eigenvalue weighted by Gasteiger charge is -2.11. The number of nitrogens with one attached hydrogen (secondary N) is 1. The normalized spacial score (nSPS) is 11.9. The molecular weight excluding hydrogens is 270 g/mol. The van der Waals surface area contributed by atoms with Crippen molar-refractivity contribution >= 4 is 17.5 Å². The lowest BCUT2D eigenvalue weighted by molar-refractivity contribution is 0.0937. The number of methoxy groups -OCH3 is 1. The Kier molecular flexibility index (Phi) is 4.01. The van der Waals surface area contributed by atoms with Gasteiger partial charge >= 0.3 is 0 Å². The molecule has 1 atom stereocenters. The van der Waals surface area contributed by atoms with Crippen LogP contribution in [-0.2, 0) is 0 Å². The van der Waals surface area contributed by atoms with Crippen LogP contribution in [0.2, 0.25) is 5.02 Å². The summed E-state index contributed by atoms with van der Waals surface area (Å²) in [6.07, 6.45) is 1.21. The van der Waals surface area contributed by atoms with E-state index in [0.717, 1.165) is 0 Å². The van der Waals surface area contributed by atoms with Gasteiger partial charge in [-0.3, -0.25) is 4.79 Å². The number of carbonyl (C=O) groups is 1. The first-order chi connectivity index (χ1) is 9.11. The number of amides is 1. The summed E-state index contributed by atoms with van der Waals surface area (Å²) in [5.41, 5.74) is 0.441. The van der Waals surface area contributed by atoms with Crippen molar-refractivity contribution in [3.63, 3.8) is 0 Å². The lowest BCUT2D eigenvalue weighted by atomic mass is 10.2. The highest BCUT2D eigenvalue weighted by atomic mass is 35.5. The standard InChI is InChI=1S/C12H12ClN3O3/c1-7(11-14-6-19-16-11)15-12(17)8-3-4-9(13)10(5-8)18-2/h3-7H,1-2H3,(H,15,17). The van der Waals surface area contributed by atoms with Crippen molar-refractivity contribution < 1.29 is 14.1 Å². The van der Waals surface area contributed by atoms with Crippen LogP contribution in [0, 0.1) is 0 Å². The minimum atomic E-state index is -0.354. The van der Waals surface area contributed by atoms with Gasteiger partial charge in [0.25, 0.3) is 5.91 Å². The van der Waals surface area contributed by atoms with Crippen LogP contribution in [0.4, 0.5) is 0 Å². The van der Waals surface area contributed by atoms with Gasteiger partial charge in [-0.25, -0.2) is 0 Å². The molecule has 0 saturated heterocycles. The molecule has 0 spiro atoms. The molecule has 0 bridgehead atoms. The van der Waals surface area contributed by atoms with Crippen LogP contribution in [0.1, 0.15) is 29.1 Å². The van der Waals surface area contributed by atoms with E-state index in [-0.39, 0.29) is 11.9 Å². The largest absolute Gasteiger partial charge is 0.495 e. The van der Waals surface area contributed by atoms with Crippen molar-refractivity contribution in [2.75, 3.05) is 7.11 Å². The summed E-state index contributed by atoms with van der Waals surface area (Å²) in [7, 11) is 1.49.